The first kappa shape index (κ1) is 17.7. The van der Waals surface area contributed by atoms with E-state index in [1.54, 1.807) is 6.20 Å². The van der Waals surface area contributed by atoms with Crippen LogP contribution in [0.2, 0.25) is 0 Å². The Kier molecular flexibility index (Phi) is 5.29. The van der Waals surface area contributed by atoms with E-state index in [9.17, 15) is 4.79 Å². The zero-order valence-corrected chi connectivity index (χ0v) is 15.3. The number of aromatic nitrogens is 2. The SMILES string of the molecule is O=c1[nH]c(Cc2ccccc2)ncc1-c1ccc(OCc2ccccc2)cc1. The Labute approximate surface area is 163 Å². The fourth-order valence-electron chi connectivity index (χ4n) is 2.99. The number of nitrogens with zero attached hydrogens (tertiary/aromatic N) is 1. The lowest BCUT2D eigenvalue weighted by Crippen LogP contribution is -2.13. The van der Waals surface area contributed by atoms with Crippen molar-refractivity contribution in [1.82, 2.24) is 9.97 Å². The van der Waals surface area contributed by atoms with Crippen molar-refractivity contribution in [2.24, 2.45) is 0 Å². The molecule has 0 amide bonds. The summed E-state index contributed by atoms with van der Waals surface area (Å²) in [4.78, 5) is 19.8. The highest BCUT2D eigenvalue weighted by Gasteiger charge is 2.07. The van der Waals surface area contributed by atoms with Gasteiger partial charge in [0, 0.05) is 12.6 Å². The van der Waals surface area contributed by atoms with Crippen LogP contribution in [-0.2, 0) is 13.0 Å². The third-order valence-corrected chi connectivity index (χ3v) is 4.48. The molecule has 0 saturated carbocycles. The molecule has 0 aliphatic heterocycles. The number of benzene rings is 3. The van der Waals surface area contributed by atoms with Gasteiger partial charge in [-0.2, -0.15) is 0 Å². The quantitative estimate of drug-likeness (QED) is 0.541. The van der Waals surface area contributed by atoms with E-state index in [-0.39, 0.29) is 5.56 Å². The van der Waals surface area contributed by atoms with Crippen molar-refractivity contribution in [3.63, 3.8) is 0 Å². The monoisotopic (exact) mass is 368 g/mol. The maximum absolute atomic E-state index is 12.5. The van der Waals surface area contributed by atoms with Crippen molar-refractivity contribution in [1.29, 1.82) is 0 Å². The molecule has 4 nitrogen and oxygen atoms in total. The van der Waals surface area contributed by atoms with E-state index < -0.39 is 0 Å². The van der Waals surface area contributed by atoms with Crippen LogP contribution in [0.4, 0.5) is 0 Å². The fraction of sp³-hybridized carbons (Fsp3) is 0.0833. The molecule has 28 heavy (non-hydrogen) atoms. The Bertz CT molecular complexity index is 1090. The molecular weight excluding hydrogens is 348 g/mol. The van der Waals surface area contributed by atoms with Crippen molar-refractivity contribution < 1.29 is 4.74 Å². The Morgan fingerprint density at radius 2 is 1.43 bits per heavy atom. The van der Waals surface area contributed by atoms with E-state index >= 15 is 0 Å². The van der Waals surface area contributed by atoms with Crippen LogP contribution in [0.15, 0.2) is 95.9 Å². The zero-order chi connectivity index (χ0) is 19.2. The number of nitrogens with one attached hydrogen (secondary N) is 1. The molecule has 3 aromatic carbocycles. The maximum atomic E-state index is 12.5. The van der Waals surface area contributed by atoms with Gasteiger partial charge in [0.05, 0.1) is 5.56 Å². The lowest BCUT2D eigenvalue weighted by Gasteiger charge is -2.08. The number of aromatic amines is 1. The molecule has 0 saturated heterocycles. The second-order valence-corrected chi connectivity index (χ2v) is 6.53. The topological polar surface area (TPSA) is 55.0 Å². The highest BCUT2D eigenvalue weighted by Crippen LogP contribution is 2.20. The molecule has 0 atom stereocenters. The summed E-state index contributed by atoms with van der Waals surface area (Å²) in [5.41, 5.74) is 3.44. The van der Waals surface area contributed by atoms with Crippen LogP contribution in [0.25, 0.3) is 11.1 Å². The molecule has 0 unspecified atom stereocenters. The van der Waals surface area contributed by atoms with Gasteiger partial charge in [-0.15, -0.1) is 0 Å². The van der Waals surface area contributed by atoms with Crippen molar-refractivity contribution in [3.8, 4) is 16.9 Å². The van der Waals surface area contributed by atoms with E-state index in [1.165, 1.54) is 0 Å². The van der Waals surface area contributed by atoms with Crippen molar-refractivity contribution >= 4 is 0 Å². The molecule has 0 bridgehead atoms. The first-order valence-corrected chi connectivity index (χ1v) is 9.17. The van der Waals surface area contributed by atoms with E-state index in [2.05, 4.69) is 9.97 Å². The highest BCUT2D eigenvalue weighted by molar-refractivity contribution is 5.62. The molecule has 0 spiro atoms. The third-order valence-electron chi connectivity index (χ3n) is 4.48. The second kappa shape index (κ2) is 8.35. The van der Waals surface area contributed by atoms with Crippen molar-refractivity contribution in [2.45, 2.75) is 13.0 Å². The van der Waals surface area contributed by atoms with Gasteiger partial charge in [-0.1, -0.05) is 72.8 Å². The summed E-state index contributed by atoms with van der Waals surface area (Å²) in [6.07, 6.45) is 2.24. The van der Waals surface area contributed by atoms with E-state index in [1.807, 2.05) is 84.9 Å². The zero-order valence-electron chi connectivity index (χ0n) is 15.3. The Morgan fingerprint density at radius 3 is 2.07 bits per heavy atom. The minimum absolute atomic E-state index is 0.140. The van der Waals surface area contributed by atoms with Crippen LogP contribution < -0.4 is 10.3 Å². The summed E-state index contributed by atoms with van der Waals surface area (Å²) in [5.74, 6) is 1.42. The normalized spacial score (nSPS) is 10.6. The molecule has 4 heteroatoms. The molecule has 0 aliphatic carbocycles. The van der Waals surface area contributed by atoms with Crippen LogP contribution in [0.5, 0.6) is 5.75 Å². The molecule has 1 heterocycles. The van der Waals surface area contributed by atoms with Gasteiger partial charge in [0.2, 0.25) is 0 Å². The molecule has 1 N–H and O–H groups in total. The van der Waals surface area contributed by atoms with E-state index in [4.69, 9.17) is 4.74 Å². The van der Waals surface area contributed by atoms with Crippen LogP contribution >= 0.6 is 0 Å². The second-order valence-electron chi connectivity index (χ2n) is 6.53. The molecule has 4 aromatic rings. The highest BCUT2D eigenvalue weighted by atomic mass is 16.5. The number of rotatable bonds is 6. The lowest BCUT2D eigenvalue weighted by molar-refractivity contribution is 0.306. The van der Waals surface area contributed by atoms with Gasteiger partial charge in [0.25, 0.3) is 5.56 Å². The smallest absolute Gasteiger partial charge is 0.258 e. The number of ether oxygens (including phenoxy) is 1. The predicted octanol–water partition coefficient (Wildman–Crippen LogP) is 4.61. The Morgan fingerprint density at radius 1 is 0.786 bits per heavy atom. The lowest BCUT2D eigenvalue weighted by atomic mass is 10.1. The molecule has 0 radical (unpaired) electrons. The Balaban J connectivity index is 1.46. The average molecular weight is 368 g/mol. The minimum atomic E-state index is -0.140. The summed E-state index contributed by atoms with van der Waals surface area (Å²) in [5, 5.41) is 0. The summed E-state index contributed by atoms with van der Waals surface area (Å²) in [7, 11) is 0. The maximum Gasteiger partial charge on any atom is 0.258 e. The minimum Gasteiger partial charge on any atom is -0.489 e. The molecule has 0 fully saturated rings. The molecule has 4 rings (SSSR count). The van der Waals surface area contributed by atoms with E-state index in [0.717, 1.165) is 22.4 Å². The van der Waals surface area contributed by atoms with Crippen molar-refractivity contribution in [3.05, 3.63) is 118 Å². The molecular formula is C24H20N2O2. The van der Waals surface area contributed by atoms with Crippen LogP contribution in [0.3, 0.4) is 0 Å². The first-order chi connectivity index (χ1) is 13.8. The first-order valence-electron chi connectivity index (χ1n) is 9.17. The van der Waals surface area contributed by atoms with Gasteiger partial charge in [0.15, 0.2) is 0 Å². The molecule has 0 aliphatic rings. The largest absolute Gasteiger partial charge is 0.489 e. The van der Waals surface area contributed by atoms with Gasteiger partial charge >= 0.3 is 0 Å². The summed E-state index contributed by atoms with van der Waals surface area (Å²) < 4.78 is 5.80. The third kappa shape index (κ3) is 4.35. The number of hydrogen-bond donors (Lipinski definition) is 1. The number of hydrogen-bond acceptors (Lipinski definition) is 3. The Hall–Kier alpha value is -3.66. The fourth-order valence-corrected chi connectivity index (χ4v) is 2.99. The van der Waals surface area contributed by atoms with Crippen LogP contribution in [-0.4, -0.2) is 9.97 Å². The standard InChI is InChI=1S/C24H20N2O2/c27-24-22(16-25-23(26-24)15-18-7-3-1-4-8-18)20-11-13-21(14-12-20)28-17-19-9-5-2-6-10-19/h1-14,16H,15,17H2,(H,25,26,27). The molecule has 1 aromatic heterocycles. The van der Waals surface area contributed by atoms with Gasteiger partial charge in [-0.3, -0.25) is 4.79 Å². The number of H-pyrrole nitrogens is 1. The van der Waals surface area contributed by atoms with Crippen LogP contribution in [0, 0.1) is 0 Å². The molecule has 138 valence electrons. The van der Waals surface area contributed by atoms with Crippen molar-refractivity contribution in [2.75, 3.05) is 0 Å². The van der Waals surface area contributed by atoms with E-state index in [0.29, 0.717) is 24.4 Å². The van der Waals surface area contributed by atoms with Crippen LogP contribution in [0.1, 0.15) is 17.0 Å². The predicted molar refractivity (Wildman–Crippen MR) is 110 cm³/mol. The van der Waals surface area contributed by atoms with Gasteiger partial charge in [-0.25, -0.2) is 4.98 Å². The van der Waals surface area contributed by atoms with Gasteiger partial charge in [0.1, 0.15) is 18.2 Å². The van der Waals surface area contributed by atoms with Gasteiger partial charge < -0.3 is 9.72 Å². The average Bonchev–Trinajstić information content (AvgIpc) is 2.74. The summed E-state index contributed by atoms with van der Waals surface area (Å²) in [6.45, 7) is 0.510. The van der Waals surface area contributed by atoms with Gasteiger partial charge in [-0.05, 0) is 28.8 Å². The summed E-state index contributed by atoms with van der Waals surface area (Å²) >= 11 is 0. The summed E-state index contributed by atoms with van der Waals surface area (Å²) in [6, 6.07) is 27.5.